The molecule has 0 aliphatic carbocycles. The van der Waals surface area contributed by atoms with Crippen LogP contribution < -0.4 is 4.18 Å². The number of hydrogen-bond donors (Lipinski definition) is 0. The highest BCUT2D eigenvalue weighted by atomic mass is 32.2. The van der Waals surface area contributed by atoms with Crippen LogP contribution in [0.4, 0.5) is 18.9 Å². The second-order valence-electron chi connectivity index (χ2n) is 3.10. The lowest BCUT2D eigenvalue weighted by molar-refractivity contribution is -0.387. The van der Waals surface area contributed by atoms with Gasteiger partial charge in [-0.05, 0) is 23.2 Å². The third-order valence-corrected chi connectivity index (χ3v) is 3.48. The molecule has 1 aromatic rings. The quantitative estimate of drug-likeness (QED) is 0.265. The molecule has 0 bridgehead atoms. The van der Waals surface area contributed by atoms with E-state index in [2.05, 4.69) is 4.18 Å². The fourth-order valence-corrected chi connectivity index (χ4v) is 1.94. The predicted octanol–water partition coefficient (Wildman–Crippen LogP) is 1.06. The van der Waals surface area contributed by atoms with E-state index < -0.39 is 48.0 Å². The molecule has 0 fully saturated rings. The van der Waals surface area contributed by atoms with Crippen molar-refractivity contribution in [2.24, 2.45) is 0 Å². The Labute approximate surface area is 111 Å². The van der Waals surface area contributed by atoms with Gasteiger partial charge in [-0.3, -0.25) is 14.3 Å². The zero-order valence-corrected chi connectivity index (χ0v) is 10.6. The van der Waals surface area contributed by atoms with Gasteiger partial charge in [0.25, 0.3) is 5.69 Å². The van der Waals surface area contributed by atoms with Gasteiger partial charge in [-0.2, -0.15) is 21.6 Å². The van der Waals surface area contributed by atoms with Crippen LogP contribution in [-0.4, -0.2) is 27.6 Å². The van der Waals surface area contributed by atoms with Crippen molar-refractivity contribution < 1.29 is 39.5 Å². The maximum Gasteiger partial charge on any atom is 0.534 e. The van der Waals surface area contributed by atoms with Gasteiger partial charge >= 0.3 is 15.6 Å². The van der Waals surface area contributed by atoms with E-state index >= 15 is 0 Å². The van der Waals surface area contributed by atoms with E-state index in [4.69, 9.17) is 0 Å². The minimum absolute atomic E-state index is 0.258. The third-order valence-electron chi connectivity index (χ3n) is 1.80. The van der Waals surface area contributed by atoms with Crippen LogP contribution in [0.1, 0.15) is 0 Å². The summed E-state index contributed by atoms with van der Waals surface area (Å²) in [5, 5.41) is 10.5. The first-order valence-electron chi connectivity index (χ1n) is 4.34. The van der Waals surface area contributed by atoms with Crippen molar-refractivity contribution in [3.63, 3.8) is 0 Å². The van der Waals surface area contributed by atoms with E-state index in [1.165, 1.54) is 0 Å². The highest BCUT2D eigenvalue weighted by molar-refractivity contribution is 7.88. The highest BCUT2D eigenvalue weighted by Crippen LogP contribution is 2.31. The first-order valence-corrected chi connectivity index (χ1v) is 6.82. The average molecular weight is 334 g/mol. The van der Waals surface area contributed by atoms with E-state index in [9.17, 15) is 40.5 Å². The summed E-state index contributed by atoms with van der Waals surface area (Å²) in [5.41, 5.74) is -6.84. The van der Waals surface area contributed by atoms with Gasteiger partial charge in [0.1, 0.15) is 10.6 Å². The lowest BCUT2D eigenvalue weighted by Crippen LogP contribution is -2.28. The summed E-state index contributed by atoms with van der Waals surface area (Å²) in [6.45, 7) is 0. The van der Waals surface area contributed by atoms with E-state index in [1.807, 2.05) is 0 Å². The SMILES string of the molecule is O=[N+]([O-])c1cc(OS(=O)(=O)C(F)(F)F)ccc1S(=O)[O-]. The summed E-state index contributed by atoms with van der Waals surface area (Å²) >= 11 is -3.03. The smallest absolute Gasteiger partial charge is 0.534 e. The van der Waals surface area contributed by atoms with Crippen molar-refractivity contribution in [3.05, 3.63) is 28.3 Å². The highest BCUT2D eigenvalue weighted by Gasteiger charge is 2.48. The summed E-state index contributed by atoms with van der Waals surface area (Å²) in [4.78, 5) is 8.51. The standard InChI is InChI=1S/C7H4F3NO7S2/c8-7(9,10)20(16,17)18-4-1-2-6(19(14)15)5(3-4)11(12)13/h1-3H,(H,14,15)/p-1. The number of nitro benzene ring substituents is 1. The Balaban J connectivity index is 3.28. The molecule has 0 aliphatic rings. The number of halogens is 3. The predicted molar refractivity (Wildman–Crippen MR) is 55.9 cm³/mol. The molecule has 1 unspecified atom stereocenters. The Morgan fingerprint density at radius 3 is 2.25 bits per heavy atom. The maximum atomic E-state index is 12.0. The summed E-state index contributed by atoms with van der Waals surface area (Å²) in [7, 11) is -6.00. The van der Waals surface area contributed by atoms with Crippen LogP contribution >= 0.6 is 0 Å². The minimum Gasteiger partial charge on any atom is -0.768 e. The fourth-order valence-electron chi connectivity index (χ4n) is 1.01. The molecule has 0 saturated carbocycles. The van der Waals surface area contributed by atoms with Crippen LogP contribution in [0, 0.1) is 10.1 Å². The van der Waals surface area contributed by atoms with Crippen molar-refractivity contribution in [2.75, 3.05) is 0 Å². The molecule has 1 aromatic carbocycles. The molecule has 13 heteroatoms. The molecule has 1 atom stereocenters. The largest absolute Gasteiger partial charge is 0.768 e. The molecule has 1 rings (SSSR count). The molecule has 0 spiro atoms. The second-order valence-corrected chi connectivity index (χ2v) is 5.55. The molecule has 112 valence electrons. The Morgan fingerprint density at radius 2 is 1.85 bits per heavy atom. The van der Waals surface area contributed by atoms with Gasteiger partial charge in [-0.1, -0.05) is 0 Å². The number of nitrogens with zero attached hydrogens (tertiary/aromatic N) is 1. The molecule has 8 nitrogen and oxygen atoms in total. The number of benzene rings is 1. The van der Waals surface area contributed by atoms with Crippen LogP contribution in [0.2, 0.25) is 0 Å². The average Bonchev–Trinajstić information content (AvgIpc) is 2.26. The Hall–Kier alpha value is -1.73. The summed E-state index contributed by atoms with van der Waals surface area (Å²) in [5.74, 6) is -1.04. The van der Waals surface area contributed by atoms with Gasteiger partial charge in [0.05, 0.1) is 11.0 Å². The second kappa shape index (κ2) is 5.34. The molecule has 0 amide bonds. The Bertz CT molecular complexity index is 669. The molecule has 0 N–H and O–H groups in total. The normalized spacial score (nSPS) is 13.8. The third kappa shape index (κ3) is 3.43. The minimum atomic E-state index is -6.00. The molecule has 0 heterocycles. The lowest BCUT2D eigenvalue weighted by Gasteiger charge is -2.11. The summed E-state index contributed by atoms with van der Waals surface area (Å²) < 4.78 is 82.4. The van der Waals surface area contributed by atoms with Crippen molar-refractivity contribution in [2.45, 2.75) is 10.4 Å². The lowest BCUT2D eigenvalue weighted by atomic mass is 10.3. The van der Waals surface area contributed by atoms with Gasteiger partial charge in [-0.15, -0.1) is 0 Å². The van der Waals surface area contributed by atoms with Crippen LogP contribution in [0.15, 0.2) is 23.1 Å². The van der Waals surface area contributed by atoms with Crippen LogP contribution in [0.5, 0.6) is 5.75 Å². The van der Waals surface area contributed by atoms with Crippen LogP contribution in [0.3, 0.4) is 0 Å². The topological polar surface area (TPSA) is 127 Å². The first-order chi connectivity index (χ1) is 8.95. The number of rotatable bonds is 4. The van der Waals surface area contributed by atoms with Crippen molar-refractivity contribution in [1.29, 1.82) is 0 Å². The van der Waals surface area contributed by atoms with E-state index in [1.54, 1.807) is 0 Å². The van der Waals surface area contributed by atoms with E-state index in [-0.39, 0.29) is 6.07 Å². The van der Waals surface area contributed by atoms with Crippen LogP contribution in [-0.2, 0) is 21.2 Å². The molecule has 0 radical (unpaired) electrons. The number of nitro groups is 1. The molecule has 0 aliphatic heterocycles. The molecular weight excluding hydrogens is 331 g/mol. The van der Waals surface area contributed by atoms with Gasteiger partial charge in [0.15, 0.2) is 0 Å². The molecule has 0 saturated heterocycles. The first kappa shape index (κ1) is 16.3. The zero-order chi connectivity index (χ0) is 15.7. The number of hydrogen-bond acceptors (Lipinski definition) is 7. The fraction of sp³-hybridized carbons (Fsp3) is 0.143. The maximum absolute atomic E-state index is 12.0. The van der Waals surface area contributed by atoms with Crippen molar-refractivity contribution in [3.8, 4) is 5.75 Å². The monoisotopic (exact) mass is 334 g/mol. The van der Waals surface area contributed by atoms with Crippen molar-refractivity contribution >= 4 is 26.9 Å². The van der Waals surface area contributed by atoms with E-state index in [0.29, 0.717) is 12.1 Å². The Kier molecular flexibility index (Phi) is 4.36. The van der Waals surface area contributed by atoms with Gasteiger partial charge in [-0.25, -0.2) is 0 Å². The summed E-state index contributed by atoms with van der Waals surface area (Å²) in [6.07, 6.45) is 0. The molecule has 0 aromatic heterocycles. The van der Waals surface area contributed by atoms with Crippen molar-refractivity contribution in [1.82, 2.24) is 0 Å². The summed E-state index contributed by atoms with van der Waals surface area (Å²) in [6, 6.07) is 1.35. The number of alkyl halides is 3. The van der Waals surface area contributed by atoms with Gasteiger partial charge < -0.3 is 8.74 Å². The van der Waals surface area contributed by atoms with Gasteiger partial charge in [0, 0.05) is 0 Å². The molecular formula is C7H3F3NO7S2-. The molecule has 20 heavy (non-hydrogen) atoms. The Morgan fingerprint density at radius 1 is 1.30 bits per heavy atom. The van der Waals surface area contributed by atoms with Gasteiger partial charge in [0.2, 0.25) is 0 Å². The zero-order valence-electron chi connectivity index (χ0n) is 8.99. The van der Waals surface area contributed by atoms with Crippen LogP contribution in [0.25, 0.3) is 0 Å². The van der Waals surface area contributed by atoms with E-state index in [0.717, 1.165) is 0 Å².